The minimum atomic E-state index is -4.46. The molecule has 0 saturated heterocycles. The fourth-order valence-corrected chi connectivity index (χ4v) is 2.30. The van der Waals surface area contributed by atoms with Gasteiger partial charge in [0, 0.05) is 5.92 Å². The maximum absolute atomic E-state index is 12.9. The van der Waals surface area contributed by atoms with E-state index in [1.807, 2.05) is 31.2 Å². The highest BCUT2D eigenvalue weighted by molar-refractivity contribution is 5.36. The first kappa shape index (κ1) is 16.4. The van der Waals surface area contributed by atoms with E-state index in [0.29, 0.717) is 0 Å². The van der Waals surface area contributed by atoms with Crippen LogP contribution < -0.4 is 4.74 Å². The quantitative estimate of drug-likeness (QED) is 0.898. The molecule has 5 heteroatoms. The van der Waals surface area contributed by atoms with Gasteiger partial charge in [-0.15, -0.1) is 0 Å². The minimum absolute atomic E-state index is 0.0194. The topological polar surface area (TPSA) is 29.5 Å². The number of ether oxygens (including phenoxy) is 1. The first-order valence-corrected chi connectivity index (χ1v) is 6.89. The number of aliphatic hydroxyl groups is 1. The van der Waals surface area contributed by atoms with E-state index in [0.717, 1.165) is 17.2 Å². The molecule has 0 spiro atoms. The summed E-state index contributed by atoms with van der Waals surface area (Å²) in [7, 11) is 0. The summed E-state index contributed by atoms with van der Waals surface area (Å²) in [5.74, 6) is -0.593. The predicted octanol–water partition coefficient (Wildman–Crippen LogP) is 4.17. The third-order valence-electron chi connectivity index (χ3n) is 3.48. The number of alkyl halides is 3. The van der Waals surface area contributed by atoms with Gasteiger partial charge in [0.15, 0.2) is 0 Å². The molecule has 2 aromatic carbocycles. The number of rotatable bonds is 5. The van der Waals surface area contributed by atoms with Gasteiger partial charge < -0.3 is 9.84 Å². The van der Waals surface area contributed by atoms with Crippen molar-refractivity contribution in [2.45, 2.75) is 19.0 Å². The average Bonchev–Trinajstić information content (AvgIpc) is 2.49. The fraction of sp³-hybridized carbons (Fsp3) is 0.294. The number of hydrogen-bond donors (Lipinski definition) is 1. The lowest BCUT2D eigenvalue weighted by atomic mass is 9.96. The Morgan fingerprint density at radius 1 is 1.05 bits per heavy atom. The van der Waals surface area contributed by atoms with Crippen LogP contribution in [0.5, 0.6) is 5.75 Å². The number of halogens is 3. The second-order valence-electron chi connectivity index (χ2n) is 5.04. The number of benzene rings is 2. The van der Waals surface area contributed by atoms with Crippen molar-refractivity contribution < 1.29 is 23.0 Å². The molecule has 2 aromatic rings. The largest absolute Gasteiger partial charge is 0.492 e. The standard InChI is InChI=1S/C17H17F3O2/c1-12-6-2-3-7-14(12)13(10-21)11-22-16-9-5-4-8-15(16)17(18,19)20/h2-9,13,21H,10-11H2,1H3. The molecule has 1 unspecified atom stereocenters. The molecule has 0 radical (unpaired) electrons. The molecule has 1 N–H and O–H groups in total. The second kappa shape index (κ2) is 6.83. The van der Waals surface area contributed by atoms with Crippen molar-refractivity contribution in [2.24, 2.45) is 0 Å². The lowest BCUT2D eigenvalue weighted by molar-refractivity contribution is -0.139. The van der Waals surface area contributed by atoms with E-state index in [2.05, 4.69) is 0 Å². The van der Waals surface area contributed by atoms with Crippen LogP contribution in [0.1, 0.15) is 22.6 Å². The van der Waals surface area contributed by atoms with Gasteiger partial charge >= 0.3 is 6.18 Å². The summed E-state index contributed by atoms with van der Waals surface area (Å²) in [6, 6.07) is 12.5. The predicted molar refractivity (Wildman–Crippen MR) is 77.9 cm³/mol. The summed E-state index contributed by atoms with van der Waals surface area (Å²) in [6.45, 7) is 1.68. The molecule has 0 aliphatic rings. The van der Waals surface area contributed by atoms with Gasteiger partial charge in [-0.05, 0) is 30.2 Å². The monoisotopic (exact) mass is 310 g/mol. The number of hydrogen-bond acceptors (Lipinski definition) is 2. The van der Waals surface area contributed by atoms with Gasteiger partial charge in [0.25, 0.3) is 0 Å². The summed E-state index contributed by atoms with van der Waals surface area (Å²) >= 11 is 0. The van der Waals surface area contributed by atoms with Crippen LogP contribution in [0.15, 0.2) is 48.5 Å². The molecule has 0 bridgehead atoms. The SMILES string of the molecule is Cc1ccccc1C(CO)COc1ccccc1C(F)(F)F. The van der Waals surface area contributed by atoms with E-state index in [1.165, 1.54) is 18.2 Å². The van der Waals surface area contributed by atoms with Crippen molar-refractivity contribution in [3.05, 3.63) is 65.2 Å². The van der Waals surface area contributed by atoms with E-state index in [-0.39, 0.29) is 24.9 Å². The Bertz CT molecular complexity index is 623. The van der Waals surface area contributed by atoms with Crippen LogP contribution in [0.2, 0.25) is 0 Å². The number of aryl methyl sites for hydroxylation is 1. The highest BCUT2D eigenvalue weighted by Crippen LogP contribution is 2.36. The van der Waals surface area contributed by atoms with Crippen molar-refractivity contribution in [1.29, 1.82) is 0 Å². The molecule has 22 heavy (non-hydrogen) atoms. The number of para-hydroxylation sites is 1. The summed E-state index contributed by atoms with van der Waals surface area (Å²) in [4.78, 5) is 0. The van der Waals surface area contributed by atoms with Crippen molar-refractivity contribution in [1.82, 2.24) is 0 Å². The Kier molecular flexibility index (Phi) is 5.08. The maximum atomic E-state index is 12.9. The van der Waals surface area contributed by atoms with Gasteiger partial charge in [-0.1, -0.05) is 36.4 Å². The molecule has 0 fully saturated rings. The molecule has 118 valence electrons. The molecule has 0 aliphatic carbocycles. The molecule has 0 amide bonds. The molecule has 2 nitrogen and oxygen atoms in total. The number of aliphatic hydroxyl groups excluding tert-OH is 1. The summed E-state index contributed by atoms with van der Waals surface area (Å²) in [6.07, 6.45) is -4.46. The van der Waals surface area contributed by atoms with Crippen LogP contribution in [-0.4, -0.2) is 18.3 Å². The van der Waals surface area contributed by atoms with Crippen LogP contribution in [0, 0.1) is 6.92 Å². The molecule has 0 saturated carbocycles. The molecular weight excluding hydrogens is 293 g/mol. The minimum Gasteiger partial charge on any atom is -0.492 e. The molecule has 0 aromatic heterocycles. The van der Waals surface area contributed by atoms with Crippen LogP contribution in [0.3, 0.4) is 0 Å². The first-order chi connectivity index (χ1) is 10.4. The molecule has 2 rings (SSSR count). The first-order valence-electron chi connectivity index (χ1n) is 6.89. The lowest BCUT2D eigenvalue weighted by Gasteiger charge is -2.19. The third kappa shape index (κ3) is 3.80. The zero-order chi connectivity index (χ0) is 16.2. The Hall–Kier alpha value is -2.01. The van der Waals surface area contributed by atoms with E-state index in [9.17, 15) is 18.3 Å². The van der Waals surface area contributed by atoms with Crippen LogP contribution in [0.25, 0.3) is 0 Å². The smallest absolute Gasteiger partial charge is 0.419 e. The van der Waals surface area contributed by atoms with E-state index < -0.39 is 11.7 Å². The van der Waals surface area contributed by atoms with Crippen molar-refractivity contribution in [2.75, 3.05) is 13.2 Å². The van der Waals surface area contributed by atoms with E-state index in [1.54, 1.807) is 0 Å². The van der Waals surface area contributed by atoms with E-state index >= 15 is 0 Å². The Morgan fingerprint density at radius 3 is 2.32 bits per heavy atom. The van der Waals surface area contributed by atoms with Crippen molar-refractivity contribution >= 4 is 0 Å². The van der Waals surface area contributed by atoms with Gasteiger partial charge in [-0.25, -0.2) is 0 Å². The van der Waals surface area contributed by atoms with Crippen LogP contribution >= 0.6 is 0 Å². The Balaban J connectivity index is 2.17. The molecule has 1 atom stereocenters. The highest BCUT2D eigenvalue weighted by atomic mass is 19.4. The molecular formula is C17H17F3O2. The van der Waals surface area contributed by atoms with E-state index in [4.69, 9.17) is 4.74 Å². The summed E-state index contributed by atoms with van der Waals surface area (Å²) in [5.41, 5.74) is 1.03. The summed E-state index contributed by atoms with van der Waals surface area (Å²) in [5, 5.41) is 9.51. The zero-order valence-corrected chi connectivity index (χ0v) is 12.1. The highest BCUT2D eigenvalue weighted by Gasteiger charge is 2.34. The maximum Gasteiger partial charge on any atom is 0.419 e. The second-order valence-corrected chi connectivity index (χ2v) is 5.04. The normalized spacial score (nSPS) is 13.0. The Labute approximate surface area is 127 Å². The Morgan fingerprint density at radius 2 is 1.68 bits per heavy atom. The zero-order valence-electron chi connectivity index (χ0n) is 12.1. The van der Waals surface area contributed by atoms with Gasteiger partial charge in [0.2, 0.25) is 0 Å². The molecule has 0 heterocycles. The van der Waals surface area contributed by atoms with Gasteiger partial charge in [0.1, 0.15) is 5.75 Å². The van der Waals surface area contributed by atoms with Crippen molar-refractivity contribution in [3.8, 4) is 5.75 Å². The van der Waals surface area contributed by atoms with Crippen molar-refractivity contribution in [3.63, 3.8) is 0 Å². The van der Waals surface area contributed by atoms with Crippen LogP contribution in [0.4, 0.5) is 13.2 Å². The molecule has 0 aliphatic heterocycles. The fourth-order valence-electron chi connectivity index (χ4n) is 2.30. The van der Waals surface area contributed by atoms with Gasteiger partial charge in [0.05, 0.1) is 18.8 Å². The van der Waals surface area contributed by atoms with Gasteiger partial charge in [-0.2, -0.15) is 13.2 Å². The summed E-state index contributed by atoms with van der Waals surface area (Å²) < 4.78 is 44.1. The average molecular weight is 310 g/mol. The lowest BCUT2D eigenvalue weighted by Crippen LogP contribution is -2.17. The van der Waals surface area contributed by atoms with Crippen LogP contribution in [-0.2, 0) is 6.18 Å². The third-order valence-corrected chi connectivity index (χ3v) is 3.48. The van der Waals surface area contributed by atoms with Gasteiger partial charge in [-0.3, -0.25) is 0 Å².